The number of hydrogen-bond acceptors (Lipinski definition) is 7. The zero-order chi connectivity index (χ0) is 25.1. The molecule has 2 aliphatic rings. The van der Waals surface area contributed by atoms with Gasteiger partial charge in [0, 0.05) is 29.8 Å². The number of nitrogen functional groups attached to an aromatic ring is 1. The van der Waals surface area contributed by atoms with Crippen molar-refractivity contribution < 1.29 is 14.3 Å². The van der Waals surface area contributed by atoms with Crippen LogP contribution in [0.1, 0.15) is 29.5 Å². The summed E-state index contributed by atoms with van der Waals surface area (Å²) in [6.45, 7) is 4.37. The molecule has 0 atom stereocenters. The molecule has 1 amide bonds. The van der Waals surface area contributed by atoms with Gasteiger partial charge in [-0.3, -0.25) is 14.6 Å². The highest BCUT2D eigenvalue weighted by molar-refractivity contribution is 6.33. The van der Waals surface area contributed by atoms with Gasteiger partial charge in [0.2, 0.25) is 5.91 Å². The molecule has 0 saturated carbocycles. The molecular weight excluding hydrogens is 478 g/mol. The summed E-state index contributed by atoms with van der Waals surface area (Å²) in [5.41, 5.74) is 11.0. The fourth-order valence-electron chi connectivity index (χ4n) is 4.73. The monoisotopic (exact) mass is 507 g/mol. The first kappa shape index (κ1) is 24.5. The summed E-state index contributed by atoms with van der Waals surface area (Å²) in [6, 6.07) is 14.6. The van der Waals surface area contributed by atoms with Crippen molar-refractivity contribution in [2.24, 2.45) is 0 Å². The highest BCUT2D eigenvalue weighted by Gasteiger charge is 2.32. The first-order valence-electron chi connectivity index (χ1n) is 12.2. The number of anilines is 2. The number of nitrogens with zero attached hydrogens (tertiary/aromatic N) is 4. The van der Waals surface area contributed by atoms with Gasteiger partial charge in [0.15, 0.2) is 0 Å². The van der Waals surface area contributed by atoms with Crippen molar-refractivity contribution in [3.05, 3.63) is 64.2 Å². The maximum absolute atomic E-state index is 12.8. The number of nitrogens with two attached hydrogens (primary N) is 1. The predicted octanol–water partition coefficient (Wildman–Crippen LogP) is 4.09. The lowest BCUT2D eigenvalue weighted by molar-refractivity contribution is -0.117. The van der Waals surface area contributed by atoms with E-state index in [-0.39, 0.29) is 24.2 Å². The summed E-state index contributed by atoms with van der Waals surface area (Å²) in [7, 11) is 1.59. The van der Waals surface area contributed by atoms with Crippen LogP contribution in [0.5, 0.6) is 6.01 Å². The second-order valence-electron chi connectivity index (χ2n) is 9.19. The molecular formula is C27H30ClN5O3. The Kier molecular flexibility index (Phi) is 7.36. The Morgan fingerprint density at radius 1 is 1.00 bits per heavy atom. The molecule has 0 radical (unpaired) electrons. The van der Waals surface area contributed by atoms with Crippen LogP contribution in [-0.4, -0.2) is 54.2 Å². The molecule has 36 heavy (non-hydrogen) atoms. The summed E-state index contributed by atoms with van der Waals surface area (Å²) in [4.78, 5) is 25.5. The number of ether oxygens (including phenoxy) is 2. The molecule has 0 bridgehead atoms. The number of benzene rings is 2. The molecule has 2 aromatic carbocycles. The number of fused-ring (bicyclic) bond motifs is 1. The van der Waals surface area contributed by atoms with Gasteiger partial charge in [-0.15, -0.1) is 0 Å². The van der Waals surface area contributed by atoms with Crippen LogP contribution in [0.3, 0.4) is 0 Å². The van der Waals surface area contributed by atoms with Gasteiger partial charge < -0.3 is 15.2 Å². The van der Waals surface area contributed by atoms with Crippen molar-refractivity contribution in [2.75, 3.05) is 44.0 Å². The molecule has 188 valence electrons. The second-order valence-corrected chi connectivity index (χ2v) is 9.59. The summed E-state index contributed by atoms with van der Waals surface area (Å²) in [5, 5.41) is 0.637. The molecule has 1 fully saturated rings. The quantitative estimate of drug-likeness (QED) is 0.436. The van der Waals surface area contributed by atoms with E-state index < -0.39 is 0 Å². The molecule has 3 aromatic rings. The Morgan fingerprint density at radius 2 is 1.75 bits per heavy atom. The Morgan fingerprint density at radius 3 is 2.47 bits per heavy atom. The van der Waals surface area contributed by atoms with Crippen LogP contribution < -0.4 is 15.4 Å². The molecule has 9 heteroatoms. The molecule has 0 unspecified atom stereocenters. The third-order valence-electron chi connectivity index (χ3n) is 6.64. The van der Waals surface area contributed by atoms with Crippen LogP contribution in [-0.2, 0) is 29.0 Å². The largest absolute Gasteiger partial charge is 0.461 e. The van der Waals surface area contributed by atoms with Crippen molar-refractivity contribution in [2.45, 2.75) is 32.4 Å². The van der Waals surface area contributed by atoms with Gasteiger partial charge in [0.25, 0.3) is 0 Å². The van der Waals surface area contributed by atoms with E-state index in [2.05, 4.69) is 39.1 Å². The van der Waals surface area contributed by atoms with E-state index in [0.717, 1.165) is 23.2 Å². The van der Waals surface area contributed by atoms with Crippen molar-refractivity contribution >= 4 is 29.1 Å². The Balaban J connectivity index is 1.31. The van der Waals surface area contributed by atoms with Crippen molar-refractivity contribution in [1.29, 1.82) is 0 Å². The number of hydrogen-bond donors (Lipinski definition) is 1. The zero-order valence-electron chi connectivity index (χ0n) is 20.4. The molecule has 2 aliphatic heterocycles. The zero-order valence-corrected chi connectivity index (χ0v) is 21.1. The van der Waals surface area contributed by atoms with Gasteiger partial charge in [-0.25, -0.2) is 0 Å². The fraction of sp³-hybridized carbons (Fsp3) is 0.370. The van der Waals surface area contributed by atoms with Crippen LogP contribution in [0.2, 0.25) is 5.02 Å². The molecule has 2 N–H and O–H groups in total. The maximum atomic E-state index is 12.8. The number of carbonyl (C=O) groups excluding carboxylic acids is 1. The van der Waals surface area contributed by atoms with Crippen LogP contribution in [0.4, 0.5) is 11.6 Å². The van der Waals surface area contributed by atoms with E-state index >= 15 is 0 Å². The number of halogens is 1. The Labute approximate surface area is 216 Å². The predicted molar refractivity (Wildman–Crippen MR) is 140 cm³/mol. The Bertz CT molecular complexity index is 1240. The SMILES string of the molecule is COCCOc1nc(N)c2c(n1)N(Cc1ccc(-c3ccc(CN4CCCC4)cc3)c(Cl)c1)C(=O)C2. The van der Waals surface area contributed by atoms with Gasteiger partial charge in [0.05, 0.1) is 19.6 Å². The number of aromatic nitrogens is 2. The fourth-order valence-corrected chi connectivity index (χ4v) is 5.04. The van der Waals surface area contributed by atoms with Crippen molar-refractivity contribution in [3.8, 4) is 17.1 Å². The molecule has 1 aromatic heterocycles. The minimum Gasteiger partial charge on any atom is -0.461 e. The van der Waals surface area contributed by atoms with E-state index in [1.54, 1.807) is 12.0 Å². The van der Waals surface area contributed by atoms with Gasteiger partial charge in [-0.05, 0) is 48.7 Å². The maximum Gasteiger partial charge on any atom is 0.320 e. The summed E-state index contributed by atoms with van der Waals surface area (Å²) in [5.74, 6) is 0.646. The first-order chi connectivity index (χ1) is 17.5. The van der Waals surface area contributed by atoms with E-state index in [4.69, 9.17) is 26.8 Å². The van der Waals surface area contributed by atoms with Gasteiger partial charge >= 0.3 is 6.01 Å². The lowest BCUT2D eigenvalue weighted by Crippen LogP contribution is -2.26. The topological polar surface area (TPSA) is 93.8 Å². The van der Waals surface area contributed by atoms with E-state index in [9.17, 15) is 4.79 Å². The molecule has 0 aliphatic carbocycles. The van der Waals surface area contributed by atoms with Gasteiger partial charge in [-0.1, -0.05) is 48.0 Å². The van der Waals surface area contributed by atoms with Crippen molar-refractivity contribution in [3.63, 3.8) is 0 Å². The summed E-state index contributed by atoms with van der Waals surface area (Å²) < 4.78 is 10.5. The molecule has 8 nitrogen and oxygen atoms in total. The minimum absolute atomic E-state index is 0.0890. The first-order valence-corrected chi connectivity index (χ1v) is 12.6. The average Bonchev–Trinajstić information content (AvgIpc) is 3.49. The molecule has 3 heterocycles. The molecule has 5 rings (SSSR count). The number of likely N-dealkylation sites (tertiary alicyclic amines) is 1. The highest BCUT2D eigenvalue weighted by Crippen LogP contribution is 2.35. The number of amides is 1. The smallest absolute Gasteiger partial charge is 0.320 e. The van der Waals surface area contributed by atoms with Gasteiger partial charge in [0.1, 0.15) is 18.2 Å². The van der Waals surface area contributed by atoms with E-state index in [0.29, 0.717) is 36.2 Å². The van der Waals surface area contributed by atoms with Gasteiger partial charge in [-0.2, -0.15) is 9.97 Å². The van der Waals surface area contributed by atoms with E-state index in [1.807, 2.05) is 18.2 Å². The van der Waals surface area contributed by atoms with Crippen molar-refractivity contribution in [1.82, 2.24) is 14.9 Å². The standard InChI is InChI=1S/C27H30ClN5O3/c1-35-12-13-36-27-30-25(29)22-15-24(34)33(26(22)31-27)17-19-6-9-21(23(28)14-19)20-7-4-18(5-8-20)16-32-10-2-3-11-32/h4-9,14H,2-3,10-13,15-17H2,1H3,(H2,29,30,31). The lowest BCUT2D eigenvalue weighted by atomic mass is 10.0. The lowest BCUT2D eigenvalue weighted by Gasteiger charge is -2.18. The highest BCUT2D eigenvalue weighted by atomic mass is 35.5. The third-order valence-corrected chi connectivity index (χ3v) is 6.96. The summed E-state index contributed by atoms with van der Waals surface area (Å²) in [6.07, 6.45) is 2.74. The Hall–Kier alpha value is -3.20. The minimum atomic E-state index is -0.0890. The van der Waals surface area contributed by atoms with Crippen LogP contribution >= 0.6 is 11.6 Å². The number of rotatable bonds is 9. The molecule has 1 saturated heterocycles. The van der Waals surface area contributed by atoms with E-state index in [1.165, 1.54) is 31.5 Å². The van der Waals surface area contributed by atoms with Crippen LogP contribution in [0.25, 0.3) is 11.1 Å². The number of carbonyl (C=O) groups is 1. The van der Waals surface area contributed by atoms with Crippen LogP contribution in [0, 0.1) is 0 Å². The normalized spacial score (nSPS) is 15.5. The summed E-state index contributed by atoms with van der Waals surface area (Å²) >= 11 is 6.70. The van der Waals surface area contributed by atoms with Crippen LogP contribution in [0.15, 0.2) is 42.5 Å². The third kappa shape index (κ3) is 5.31. The number of methoxy groups -OCH3 is 1. The second kappa shape index (κ2) is 10.8. The average molecular weight is 508 g/mol. The molecule has 0 spiro atoms.